The van der Waals surface area contributed by atoms with E-state index in [0.717, 1.165) is 35.7 Å². The van der Waals surface area contributed by atoms with Crippen LogP contribution in [0.3, 0.4) is 0 Å². The number of hydrogen-bond donors (Lipinski definition) is 0. The summed E-state index contributed by atoms with van der Waals surface area (Å²) in [5.41, 5.74) is 2.57. The van der Waals surface area contributed by atoms with Crippen LogP contribution < -0.4 is 9.75 Å². The van der Waals surface area contributed by atoms with Crippen LogP contribution >= 0.6 is 0 Å². The fraction of sp³-hybridized carbons (Fsp3) is 0.391. The highest BCUT2D eigenvalue weighted by atomic mass is 16.5. The fourth-order valence-corrected chi connectivity index (χ4v) is 3.18. The van der Waals surface area contributed by atoms with Crippen molar-refractivity contribution in [2.24, 2.45) is 5.10 Å². The second-order valence-corrected chi connectivity index (χ2v) is 6.91. The van der Waals surface area contributed by atoms with E-state index in [2.05, 4.69) is 12.0 Å². The molecule has 0 radical (unpaired) electrons. The molecule has 1 heterocycles. The van der Waals surface area contributed by atoms with Crippen molar-refractivity contribution in [3.05, 3.63) is 60.2 Å². The van der Waals surface area contributed by atoms with Crippen LogP contribution in [0.15, 0.2) is 59.7 Å². The number of amides is 1. The number of unbranched alkanes of at least 4 members (excludes halogenated alkanes) is 5. The lowest BCUT2D eigenvalue weighted by Crippen LogP contribution is -2.19. The Hall–Kier alpha value is -2.62. The minimum absolute atomic E-state index is 0.000371. The third-order valence-electron chi connectivity index (χ3n) is 4.73. The van der Waals surface area contributed by atoms with Gasteiger partial charge in [0.05, 0.1) is 24.4 Å². The predicted octanol–water partition coefficient (Wildman–Crippen LogP) is 5.57. The summed E-state index contributed by atoms with van der Waals surface area (Å²) in [6, 6.07) is 17.4. The number of para-hydroxylation sites is 1. The molecule has 0 fully saturated rings. The molecule has 0 atom stereocenters. The van der Waals surface area contributed by atoms with E-state index in [0.29, 0.717) is 6.42 Å². The molecule has 0 aromatic heterocycles. The monoisotopic (exact) mass is 364 g/mol. The van der Waals surface area contributed by atoms with Crippen molar-refractivity contribution in [2.75, 3.05) is 11.6 Å². The molecular formula is C23H28N2O2. The summed E-state index contributed by atoms with van der Waals surface area (Å²) in [5, 5.41) is 5.99. The van der Waals surface area contributed by atoms with E-state index in [-0.39, 0.29) is 5.91 Å². The van der Waals surface area contributed by atoms with Crippen molar-refractivity contribution in [2.45, 2.75) is 51.9 Å². The normalized spacial score (nSPS) is 13.7. The lowest BCUT2D eigenvalue weighted by Gasteiger charge is -2.10. The molecule has 1 aliphatic rings. The zero-order chi connectivity index (χ0) is 18.9. The highest BCUT2D eigenvalue weighted by molar-refractivity contribution is 6.19. The number of nitrogens with zero attached hydrogens (tertiary/aromatic N) is 2. The molecule has 0 aliphatic carbocycles. The summed E-state index contributed by atoms with van der Waals surface area (Å²) in [6.45, 7) is 2.99. The molecule has 4 nitrogen and oxygen atoms in total. The zero-order valence-electron chi connectivity index (χ0n) is 16.1. The predicted molar refractivity (Wildman–Crippen MR) is 110 cm³/mol. The third kappa shape index (κ3) is 5.43. The Morgan fingerprint density at radius 3 is 2.37 bits per heavy atom. The third-order valence-corrected chi connectivity index (χ3v) is 4.73. The van der Waals surface area contributed by atoms with Gasteiger partial charge in [0.2, 0.25) is 0 Å². The van der Waals surface area contributed by atoms with Gasteiger partial charge in [-0.25, -0.2) is 5.01 Å². The zero-order valence-corrected chi connectivity index (χ0v) is 16.1. The SMILES string of the molecule is CCCCCCCCOc1ccc(C2=NN(c3ccccc3)C(=O)C2)cc1. The van der Waals surface area contributed by atoms with E-state index in [4.69, 9.17) is 4.74 Å². The van der Waals surface area contributed by atoms with Crippen molar-refractivity contribution in [3.8, 4) is 5.75 Å². The van der Waals surface area contributed by atoms with E-state index >= 15 is 0 Å². The molecule has 2 aromatic rings. The van der Waals surface area contributed by atoms with Gasteiger partial charge in [-0.15, -0.1) is 0 Å². The Bertz CT molecular complexity index is 754. The van der Waals surface area contributed by atoms with Gasteiger partial charge in [0.15, 0.2) is 0 Å². The van der Waals surface area contributed by atoms with Crippen LogP contribution in [0.4, 0.5) is 5.69 Å². The van der Waals surface area contributed by atoms with Crippen LogP contribution in [0, 0.1) is 0 Å². The van der Waals surface area contributed by atoms with Crippen LogP contribution in [0.25, 0.3) is 0 Å². The number of hydrogen-bond acceptors (Lipinski definition) is 3. The Morgan fingerprint density at radius 1 is 0.926 bits per heavy atom. The Morgan fingerprint density at radius 2 is 1.63 bits per heavy atom. The maximum atomic E-state index is 12.3. The first-order valence-electron chi connectivity index (χ1n) is 9.96. The first-order chi connectivity index (χ1) is 13.3. The fourth-order valence-electron chi connectivity index (χ4n) is 3.18. The summed E-state index contributed by atoms with van der Waals surface area (Å²) >= 11 is 0. The lowest BCUT2D eigenvalue weighted by atomic mass is 10.1. The van der Waals surface area contributed by atoms with E-state index < -0.39 is 0 Å². The molecule has 0 saturated carbocycles. The van der Waals surface area contributed by atoms with Crippen molar-refractivity contribution in [1.29, 1.82) is 0 Å². The molecule has 2 aromatic carbocycles. The molecule has 0 saturated heterocycles. The maximum absolute atomic E-state index is 12.3. The Balaban J connectivity index is 1.51. The lowest BCUT2D eigenvalue weighted by molar-refractivity contribution is -0.116. The molecule has 27 heavy (non-hydrogen) atoms. The second-order valence-electron chi connectivity index (χ2n) is 6.91. The van der Waals surface area contributed by atoms with Gasteiger partial charge in [0.1, 0.15) is 5.75 Å². The van der Waals surface area contributed by atoms with Gasteiger partial charge in [-0.05, 0) is 48.4 Å². The van der Waals surface area contributed by atoms with E-state index in [9.17, 15) is 4.79 Å². The number of rotatable bonds is 10. The quantitative estimate of drug-likeness (QED) is 0.517. The summed E-state index contributed by atoms with van der Waals surface area (Å²) < 4.78 is 5.82. The molecule has 142 valence electrons. The van der Waals surface area contributed by atoms with Gasteiger partial charge < -0.3 is 4.74 Å². The number of carbonyl (C=O) groups is 1. The van der Waals surface area contributed by atoms with Gasteiger partial charge in [-0.2, -0.15) is 5.10 Å². The average Bonchev–Trinajstić information content (AvgIpc) is 3.10. The first kappa shape index (κ1) is 19.2. The number of anilines is 1. The van der Waals surface area contributed by atoms with Crippen molar-refractivity contribution < 1.29 is 9.53 Å². The molecular weight excluding hydrogens is 336 g/mol. The van der Waals surface area contributed by atoms with Crippen molar-refractivity contribution in [1.82, 2.24) is 0 Å². The minimum Gasteiger partial charge on any atom is -0.494 e. The van der Waals surface area contributed by atoms with Crippen LogP contribution in [0.5, 0.6) is 5.75 Å². The largest absolute Gasteiger partial charge is 0.494 e. The topological polar surface area (TPSA) is 41.9 Å². The summed E-state index contributed by atoms with van der Waals surface area (Å²) in [4.78, 5) is 12.3. The van der Waals surface area contributed by atoms with Crippen molar-refractivity contribution >= 4 is 17.3 Å². The van der Waals surface area contributed by atoms with Gasteiger partial charge in [0.25, 0.3) is 5.91 Å². The highest BCUT2D eigenvalue weighted by Crippen LogP contribution is 2.23. The number of ether oxygens (including phenoxy) is 1. The van der Waals surface area contributed by atoms with Gasteiger partial charge in [-0.1, -0.05) is 57.2 Å². The van der Waals surface area contributed by atoms with E-state index in [1.54, 1.807) is 0 Å². The Kier molecular flexibility index (Phi) is 7.03. The standard InChI is InChI=1S/C23H28N2O2/c1-2-3-4-5-6-10-17-27-21-15-13-19(14-16-21)22-18-23(26)25(24-22)20-11-8-7-9-12-20/h7-9,11-16H,2-6,10,17-18H2,1H3. The molecule has 0 unspecified atom stereocenters. The molecule has 1 amide bonds. The summed E-state index contributed by atoms with van der Waals surface area (Å²) in [5.74, 6) is 0.872. The van der Waals surface area contributed by atoms with E-state index in [1.165, 1.54) is 37.1 Å². The van der Waals surface area contributed by atoms with Gasteiger partial charge in [-0.3, -0.25) is 4.79 Å². The van der Waals surface area contributed by atoms with Gasteiger partial charge in [0, 0.05) is 0 Å². The van der Waals surface area contributed by atoms with Crippen LogP contribution in [0.2, 0.25) is 0 Å². The number of carbonyl (C=O) groups excluding carboxylic acids is 1. The maximum Gasteiger partial charge on any atom is 0.253 e. The number of benzene rings is 2. The minimum atomic E-state index is -0.000371. The number of hydrazone groups is 1. The Labute approximate surface area is 161 Å². The smallest absolute Gasteiger partial charge is 0.253 e. The summed E-state index contributed by atoms with van der Waals surface area (Å²) in [7, 11) is 0. The summed E-state index contributed by atoms with van der Waals surface area (Å²) in [6.07, 6.45) is 7.88. The molecule has 0 spiro atoms. The second kappa shape index (κ2) is 9.91. The average molecular weight is 364 g/mol. The molecule has 4 heteroatoms. The first-order valence-corrected chi connectivity index (χ1v) is 9.96. The van der Waals surface area contributed by atoms with Crippen LogP contribution in [-0.2, 0) is 4.79 Å². The molecule has 0 N–H and O–H groups in total. The van der Waals surface area contributed by atoms with Crippen LogP contribution in [-0.4, -0.2) is 18.2 Å². The van der Waals surface area contributed by atoms with Crippen molar-refractivity contribution in [3.63, 3.8) is 0 Å². The van der Waals surface area contributed by atoms with Crippen LogP contribution in [0.1, 0.15) is 57.4 Å². The van der Waals surface area contributed by atoms with E-state index in [1.807, 2.05) is 54.6 Å². The highest BCUT2D eigenvalue weighted by Gasteiger charge is 2.25. The molecule has 3 rings (SSSR count). The molecule has 0 bridgehead atoms. The molecule has 1 aliphatic heterocycles. The van der Waals surface area contributed by atoms with Gasteiger partial charge >= 0.3 is 0 Å².